The van der Waals surface area contributed by atoms with Gasteiger partial charge in [-0.15, -0.1) is 0 Å². The molecule has 1 aromatic heterocycles. The van der Waals surface area contributed by atoms with Gasteiger partial charge in [0.05, 0.1) is 31.4 Å². The van der Waals surface area contributed by atoms with Gasteiger partial charge in [0.2, 0.25) is 0 Å². The monoisotopic (exact) mass is 410 g/mol. The third kappa shape index (κ3) is 4.26. The fourth-order valence-corrected chi connectivity index (χ4v) is 5.21. The number of hydrogen-bond donors (Lipinski definition) is 0. The average molecular weight is 411 g/mol. The number of rotatable bonds is 7. The molecule has 0 N–H and O–H groups in total. The Kier molecular flexibility index (Phi) is 6.76. The highest BCUT2D eigenvalue weighted by Gasteiger charge is 2.31. The predicted octanol–water partition coefficient (Wildman–Crippen LogP) is 5.17. The number of methoxy groups -OCH3 is 1. The Morgan fingerprint density at radius 3 is 2.67 bits per heavy atom. The molecule has 1 fully saturated rings. The Balaban J connectivity index is 1.70. The minimum Gasteiger partial charge on any atom is -0.496 e. The maximum atomic E-state index is 13.0. The van der Waals surface area contributed by atoms with Gasteiger partial charge in [-0.05, 0) is 57.1 Å². The molecule has 2 aliphatic rings. The minimum atomic E-state index is -0.401. The highest BCUT2D eigenvalue weighted by atomic mass is 16.5. The molecule has 30 heavy (non-hydrogen) atoms. The minimum absolute atomic E-state index is 0.196. The first-order valence-electron chi connectivity index (χ1n) is 11.6. The van der Waals surface area contributed by atoms with Crippen LogP contribution in [0.3, 0.4) is 0 Å². The van der Waals surface area contributed by atoms with Gasteiger partial charge in [0.1, 0.15) is 5.75 Å². The van der Waals surface area contributed by atoms with Gasteiger partial charge < -0.3 is 9.47 Å². The Morgan fingerprint density at radius 1 is 1.13 bits per heavy atom. The number of aromatic nitrogens is 2. The van der Waals surface area contributed by atoms with Crippen molar-refractivity contribution in [3.8, 4) is 5.75 Å². The first kappa shape index (κ1) is 21.0. The summed E-state index contributed by atoms with van der Waals surface area (Å²) in [7, 11) is 1.65. The van der Waals surface area contributed by atoms with Crippen molar-refractivity contribution in [3.63, 3.8) is 0 Å². The summed E-state index contributed by atoms with van der Waals surface area (Å²) in [5.41, 5.74) is 4.77. The van der Waals surface area contributed by atoms with Crippen molar-refractivity contribution < 1.29 is 14.3 Å². The first-order valence-corrected chi connectivity index (χ1v) is 11.6. The molecule has 0 radical (unpaired) electrons. The largest absolute Gasteiger partial charge is 0.496 e. The molecule has 4 rings (SSSR count). The fourth-order valence-electron chi connectivity index (χ4n) is 5.21. The van der Waals surface area contributed by atoms with E-state index in [1.165, 1.54) is 56.2 Å². The summed E-state index contributed by atoms with van der Waals surface area (Å²) < 4.78 is 13.4. The zero-order valence-corrected chi connectivity index (χ0v) is 18.4. The molecule has 2 aromatic rings. The van der Waals surface area contributed by atoms with Crippen LogP contribution in [0.1, 0.15) is 86.3 Å². The molecule has 5 heteroatoms. The number of carbonyl (C=O) groups excluding carboxylic acids is 1. The number of benzene rings is 1. The third-order valence-electron chi connectivity index (χ3n) is 6.70. The highest BCUT2D eigenvalue weighted by molar-refractivity contribution is 5.79. The van der Waals surface area contributed by atoms with E-state index in [1.807, 2.05) is 31.2 Å². The molecule has 1 atom stereocenters. The molecule has 1 saturated carbocycles. The van der Waals surface area contributed by atoms with Crippen LogP contribution < -0.4 is 4.74 Å². The van der Waals surface area contributed by atoms with Crippen molar-refractivity contribution >= 4 is 5.97 Å². The molecular formula is C25H34N2O3. The van der Waals surface area contributed by atoms with Crippen LogP contribution >= 0.6 is 0 Å². The van der Waals surface area contributed by atoms with E-state index in [1.54, 1.807) is 7.11 Å². The van der Waals surface area contributed by atoms with Crippen molar-refractivity contribution in [1.82, 2.24) is 9.78 Å². The van der Waals surface area contributed by atoms with Gasteiger partial charge in [-0.3, -0.25) is 9.48 Å². The van der Waals surface area contributed by atoms with Gasteiger partial charge in [-0.25, -0.2) is 0 Å². The van der Waals surface area contributed by atoms with E-state index in [9.17, 15) is 4.79 Å². The van der Waals surface area contributed by atoms with Gasteiger partial charge in [0, 0.05) is 17.7 Å². The van der Waals surface area contributed by atoms with Crippen LogP contribution in [0.25, 0.3) is 0 Å². The van der Waals surface area contributed by atoms with E-state index in [2.05, 4.69) is 4.68 Å². The second-order valence-electron chi connectivity index (χ2n) is 8.57. The lowest BCUT2D eigenvalue weighted by molar-refractivity contribution is -0.145. The van der Waals surface area contributed by atoms with Crippen LogP contribution in [0.15, 0.2) is 24.3 Å². The average Bonchev–Trinajstić information content (AvgIpc) is 3.17. The normalized spacial score (nSPS) is 17.9. The van der Waals surface area contributed by atoms with Crippen molar-refractivity contribution in [2.24, 2.45) is 0 Å². The standard InChI is InChI=1S/C25H34N2O3/c1-3-30-25(28)21(19-13-8-10-16-24(19)29-2)17-22-20-14-7-9-15-23(20)27(26-22)18-11-5-4-6-12-18/h8,10,13,16,18,21H,3-7,9,11-12,14-15,17H2,1-2H3. The molecule has 1 aromatic carbocycles. The number of hydrogen-bond acceptors (Lipinski definition) is 4. The van der Waals surface area contributed by atoms with Crippen LogP contribution in [0.4, 0.5) is 0 Å². The van der Waals surface area contributed by atoms with Crippen molar-refractivity contribution in [2.45, 2.75) is 83.1 Å². The van der Waals surface area contributed by atoms with E-state index >= 15 is 0 Å². The van der Waals surface area contributed by atoms with Crippen LogP contribution in [-0.2, 0) is 28.8 Å². The fraction of sp³-hybridized carbons (Fsp3) is 0.600. The lowest BCUT2D eigenvalue weighted by Gasteiger charge is -2.25. The Bertz CT molecular complexity index is 867. The van der Waals surface area contributed by atoms with Crippen molar-refractivity contribution in [1.29, 1.82) is 0 Å². The van der Waals surface area contributed by atoms with E-state index in [0.717, 1.165) is 29.8 Å². The predicted molar refractivity (Wildman–Crippen MR) is 117 cm³/mol. The van der Waals surface area contributed by atoms with E-state index in [0.29, 0.717) is 19.1 Å². The number of ether oxygens (including phenoxy) is 2. The topological polar surface area (TPSA) is 53.3 Å². The molecule has 5 nitrogen and oxygen atoms in total. The zero-order valence-electron chi connectivity index (χ0n) is 18.4. The summed E-state index contributed by atoms with van der Waals surface area (Å²) in [6, 6.07) is 8.30. The maximum Gasteiger partial charge on any atom is 0.313 e. The Hall–Kier alpha value is -2.30. The molecule has 1 heterocycles. The van der Waals surface area contributed by atoms with E-state index < -0.39 is 5.92 Å². The molecule has 0 saturated heterocycles. The number of nitrogens with zero attached hydrogens (tertiary/aromatic N) is 2. The third-order valence-corrected chi connectivity index (χ3v) is 6.70. The Morgan fingerprint density at radius 2 is 1.90 bits per heavy atom. The van der Waals surface area contributed by atoms with Crippen LogP contribution in [-0.4, -0.2) is 29.5 Å². The van der Waals surface area contributed by atoms with E-state index in [4.69, 9.17) is 14.6 Å². The summed E-state index contributed by atoms with van der Waals surface area (Å²) >= 11 is 0. The molecule has 1 unspecified atom stereocenters. The van der Waals surface area contributed by atoms with Gasteiger partial charge in [0.25, 0.3) is 0 Å². The number of carbonyl (C=O) groups is 1. The molecule has 0 spiro atoms. The number of esters is 1. The zero-order chi connectivity index (χ0) is 20.9. The second kappa shape index (κ2) is 9.67. The van der Waals surface area contributed by atoms with Crippen LogP contribution in [0, 0.1) is 0 Å². The number of fused-ring (bicyclic) bond motifs is 1. The van der Waals surface area contributed by atoms with Gasteiger partial charge >= 0.3 is 5.97 Å². The van der Waals surface area contributed by atoms with Gasteiger partial charge in [-0.2, -0.15) is 5.10 Å². The SMILES string of the molecule is CCOC(=O)C(Cc1nn(C2CCCCC2)c2c1CCCC2)c1ccccc1OC. The van der Waals surface area contributed by atoms with Gasteiger partial charge in [0.15, 0.2) is 0 Å². The van der Waals surface area contributed by atoms with E-state index in [-0.39, 0.29) is 5.97 Å². The molecule has 162 valence electrons. The molecule has 0 amide bonds. The summed E-state index contributed by atoms with van der Waals surface area (Å²) in [6.45, 7) is 2.23. The van der Waals surface area contributed by atoms with Gasteiger partial charge in [-0.1, -0.05) is 37.5 Å². The smallest absolute Gasteiger partial charge is 0.313 e. The summed E-state index contributed by atoms with van der Waals surface area (Å²) in [5, 5.41) is 5.15. The lowest BCUT2D eigenvalue weighted by atomic mass is 9.88. The molecule has 0 bridgehead atoms. The summed E-state index contributed by atoms with van der Waals surface area (Å²) in [6.07, 6.45) is 11.6. The Labute approximate surface area is 179 Å². The molecular weight excluding hydrogens is 376 g/mol. The van der Waals surface area contributed by atoms with Crippen molar-refractivity contribution in [3.05, 3.63) is 46.8 Å². The lowest BCUT2D eigenvalue weighted by Crippen LogP contribution is -2.20. The van der Waals surface area contributed by atoms with Crippen molar-refractivity contribution in [2.75, 3.05) is 13.7 Å². The van der Waals surface area contributed by atoms with Crippen LogP contribution in [0.5, 0.6) is 5.75 Å². The quantitative estimate of drug-likeness (QED) is 0.591. The number of para-hydroxylation sites is 1. The second-order valence-corrected chi connectivity index (χ2v) is 8.57. The van der Waals surface area contributed by atoms with Crippen LogP contribution in [0.2, 0.25) is 0 Å². The molecule has 2 aliphatic carbocycles. The molecule has 0 aliphatic heterocycles. The summed E-state index contributed by atoms with van der Waals surface area (Å²) in [5.74, 6) is 0.136. The maximum absolute atomic E-state index is 13.0. The highest BCUT2D eigenvalue weighted by Crippen LogP contribution is 2.36. The summed E-state index contributed by atoms with van der Waals surface area (Å²) in [4.78, 5) is 13.0. The first-order chi connectivity index (χ1) is 14.7.